The fourth-order valence-electron chi connectivity index (χ4n) is 0.732. The van der Waals surface area contributed by atoms with Crippen LogP contribution in [0.15, 0.2) is 34.1 Å². The number of hydrogen-bond donors (Lipinski definition) is 1. The predicted molar refractivity (Wildman–Crippen MR) is 49.2 cm³/mol. The first-order valence-electron chi connectivity index (χ1n) is 2.92. The van der Waals surface area contributed by atoms with Crippen LogP contribution in [0.3, 0.4) is 0 Å². The van der Waals surface area contributed by atoms with Crippen molar-refractivity contribution in [1.29, 1.82) is 0 Å². The quantitative estimate of drug-likeness (QED) is 0.299. The monoisotopic (exact) mass is 244 g/mol. The first kappa shape index (κ1) is 13.8. The molecule has 0 atom stereocenters. The molecule has 0 aromatic heterocycles. The normalized spacial score (nSPS) is 10.6. The Balaban J connectivity index is 0.00000144. The molecular weight excluding hydrogens is 239 g/mol. The fraction of sp³-hybridized carbons (Fsp3) is 0. The maximum atomic E-state index is 10.6. The van der Waals surface area contributed by atoms with Gasteiger partial charge in [-0.1, -0.05) is 22.9 Å². The van der Waals surface area contributed by atoms with Crippen LogP contribution in [-0.4, -0.2) is 13.0 Å². The van der Waals surface area contributed by atoms with Crippen LogP contribution in [-0.2, 0) is 10.1 Å². The summed E-state index contributed by atoms with van der Waals surface area (Å²) in [6.45, 7) is 0. The molecule has 0 bridgehead atoms. The summed E-state index contributed by atoms with van der Waals surface area (Å²) in [6.07, 6.45) is 0. The first-order valence-corrected chi connectivity index (χ1v) is 6.20. The summed E-state index contributed by atoms with van der Waals surface area (Å²) in [6, 6.07) is 5.94. The van der Waals surface area contributed by atoms with Crippen molar-refractivity contribution in [2.45, 2.75) is 9.79 Å². The molecule has 0 saturated heterocycles. The van der Waals surface area contributed by atoms with E-state index in [9.17, 15) is 13.0 Å². The van der Waals surface area contributed by atoms with E-state index >= 15 is 0 Å². The Morgan fingerprint density at radius 2 is 1.85 bits per heavy atom. The van der Waals surface area contributed by atoms with Gasteiger partial charge in [0.2, 0.25) is 0 Å². The molecule has 1 aromatic rings. The van der Waals surface area contributed by atoms with Gasteiger partial charge in [0.05, 0.1) is 4.90 Å². The third kappa shape index (κ3) is 3.83. The van der Waals surface area contributed by atoms with E-state index in [1.54, 1.807) is 6.07 Å². The second kappa shape index (κ2) is 5.65. The molecule has 0 N–H and O–H groups in total. The van der Waals surface area contributed by atoms with E-state index in [-0.39, 0.29) is 34.5 Å². The molecular formula is C6H5NaO3S3. The number of benzene rings is 1. The summed E-state index contributed by atoms with van der Waals surface area (Å²) < 4.78 is 31.8. The Morgan fingerprint density at radius 3 is 2.23 bits per heavy atom. The molecule has 0 aliphatic carbocycles. The first-order chi connectivity index (χ1) is 5.55. The zero-order chi connectivity index (χ0) is 9.19. The minimum Gasteiger partial charge on any atom is -0.744 e. The standard InChI is InChI=1S/C6H6O3S3.Na/c7-12(8,9)6-4-2-1-3-5(6)11-10;/h1-4,10H,(H,7,8,9);/q;+1/p-1. The van der Waals surface area contributed by atoms with Crippen LogP contribution in [0.1, 0.15) is 0 Å². The average molecular weight is 244 g/mol. The van der Waals surface area contributed by atoms with Gasteiger partial charge in [-0.05, 0) is 12.1 Å². The third-order valence-corrected chi connectivity index (χ3v) is 3.38. The van der Waals surface area contributed by atoms with Gasteiger partial charge < -0.3 is 4.55 Å². The smallest absolute Gasteiger partial charge is 0.744 e. The molecule has 7 heteroatoms. The minimum absolute atomic E-state index is 0. The zero-order valence-corrected chi connectivity index (χ0v) is 11.3. The van der Waals surface area contributed by atoms with Crippen LogP contribution in [0.25, 0.3) is 0 Å². The van der Waals surface area contributed by atoms with Crippen LogP contribution in [0.4, 0.5) is 0 Å². The van der Waals surface area contributed by atoms with Gasteiger partial charge in [-0.25, -0.2) is 8.42 Å². The van der Waals surface area contributed by atoms with Gasteiger partial charge in [-0.15, -0.1) is 11.7 Å². The largest absolute Gasteiger partial charge is 1.00 e. The van der Waals surface area contributed by atoms with E-state index in [2.05, 4.69) is 11.7 Å². The van der Waals surface area contributed by atoms with Crippen molar-refractivity contribution in [2.75, 3.05) is 0 Å². The second-order valence-corrected chi connectivity index (χ2v) is 4.51. The molecule has 0 radical (unpaired) electrons. The van der Waals surface area contributed by atoms with E-state index in [0.717, 1.165) is 10.8 Å². The molecule has 0 aliphatic heterocycles. The number of hydrogen-bond acceptors (Lipinski definition) is 5. The molecule has 13 heavy (non-hydrogen) atoms. The van der Waals surface area contributed by atoms with Crippen LogP contribution < -0.4 is 29.6 Å². The van der Waals surface area contributed by atoms with Gasteiger partial charge in [0.25, 0.3) is 0 Å². The second-order valence-electron chi connectivity index (χ2n) is 1.99. The summed E-state index contributed by atoms with van der Waals surface area (Å²) >= 11 is 3.83. The van der Waals surface area contributed by atoms with Gasteiger partial charge in [0, 0.05) is 4.90 Å². The van der Waals surface area contributed by atoms with Crippen molar-refractivity contribution in [2.24, 2.45) is 0 Å². The molecule has 0 heterocycles. The van der Waals surface area contributed by atoms with E-state index in [0.29, 0.717) is 4.90 Å². The maximum absolute atomic E-state index is 10.6. The summed E-state index contributed by atoms with van der Waals surface area (Å²) in [5, 5.41) is 0. The van der Waals surface area contributed by atoms with Gasteiger partial charge in [0.1, 0.15) is 10.1 Å². The molecule has 0 fully saturated rings. The van der Waals surface area contributed by atoms with Gasteiger partial charge in [0.15, 0.2) is 0 Å². The van der Waals surface area contributed by atoms with E-state index in [1.165, 1.54) is 18.2 Å². The van der Waals surface area contributed by atoms with Crippen molar-refractivity contribution in [3.63, 3.8) is 0 Å². The van der Waals surface area contributed by atoms with Crippen molar-refractivity contribution in [3.05, 3.63) is 24.3 Å². The molecule has 3 nitrogen and oxygen atoms in total. The average Bonchev–Trinajstić information content (AvgIpc) is 2.03. The van der Waals surface area contributed by atoms with Crippen LogP contribution in [0.2, 0.25) is 0 Å². The van der Waals surface area contributed by atoms with Gasteiger partial charge >= 0.3 is 29.6 Å². The molecule has 1 rings (SSSR count). The summed E-state index contributed by atoms with van der Waals surface area (Å²) in [7, 11) is -3.43. The summed E-state index contributed by atoms with van der Waals surface area (Å²) in [4.78, 5) is 0.140. The Hall–Kier alpha value is 0.830. The summed E-state index contributed by atoms with van der Waals surface area (Å²) in [5.74, 6) is 0. The molecule has 0 amide bonds. The molecule has 1 aromatic carbocycles. The van der Waals surface area contributed by atoms with E-state index in [1.807, 2.05) is 0 Å². The van der Waals surface area contributed by atoms with Crippen molar-refractivity contribution in [1.82, 2.24) is 0 Å². The Labute approximate surface area is 108 Å². The fourth-order valence-corrected chi connectivity index (χ4v) is 2.68. The van der Waals surface area contributed by atoms with Crippen LogP contribution >= 0.6 is 22.5 Å². The van der Waals surface area contributed by atoms with Crippen molar-refractivity contribution < 1.29 is 42.5 Å². The van der Waals surface area contributed by atoms with Gasteiger partial charge in [-0.2, -0.15) is 0 Å². The van der Waals surface area contributed by atoms with E-state index in [4.69, 9.17) is 0 Å². The third-order valence-electron chi connectivity index (χ3n) is 1.22. The van der Waals surface area contributed by atoms with Crippen molar-refractivity contribution >= 4 is 32.6 Å². The molecule has 0 spiro atoms. The molecule has 66 valence electrons. The SMILES string of the molecule is O=S(=O)([O-])c1ccccc1SS.[Na+]. The predicted octanol–water partition coefficient (Wildman–Crippen LogP) is -1.47. The van der Waals surface area contributed by atoms with E-state index < -0.39 is 10.1 Å². The number of rotatable bonds is 2. The molecule has 0 unspecified atom stereocenters. The summed E-state index contributed by atoms with van der Waals surface area (Å²) in [5.41, 5.74) is 0. The van der Waals surface area contributed by atoms with Crippen LogP contribution in [0, 0.1) is 0 Å². The Kier molecular flexibility index (Phi) is 6.01. The molecule has 0 saturated carbocycles. The van der Waals surface area contributed by atoms with Crippen molar-refractivity contribution in [3.8, 4) is 0 Å². The topological polar surface area (TPSA) is 57.2 Å². The Morgan fingerprint density at radius 1 is 1.31 bits per heavy atom. The minimum atomic E-state index is -4.37. The van der Waals surface area contributed by atoms with Crippen LogP contribution in [0.5, 0.6) is 0 Å². The maximum Gasteiger partial charge on any atom is 1.00 e. The van der Waals surface area contributed by atoms with Gasteiger partial charge in [-0.3, -0.25) is 0 Å². The molecule has 0 aliphatic rings. The number of thiol groups is 1. The zero-order valence-electron chi connectivity index (χ0n) is 6.80. The Bertz CT molecular complexity index is 376.